The Bertz CT molecular complexity index is 283. The van der Waals surface area contributed by atoms with Gasteiger partial charge in [0, 0.05) is 11.7 Å². The van der Waals surface area contributed by atoms with E-state index < -0.39 is 0 Å². The summed E-state index contributed by atoms with van der Waals surface area (Å²) in [6.07, 6.45) is 1.04. The van der Waals surface area contributed by atoms with Crippen LogP contribution in [0.4, 0.5) is 10.1 Å². The predicted molar refractivity (Wildman–Crippen MR) is 54.5 cm³/mol. The molecule has 1 rings (SSSR count). The second kappa shape index (κ2) is 4.26. The topological polar surface area (TPSA) is 12.0 Å². The molecule has 0 amide bonds. The number of halogens is 1. The SMILES string of the molecule is CC[C@H](C)Nc1ccc(C)c(F)c1. The summed E-state index contributed by atoms with van der Waals surface area (Å²) in [7, 11) is 0. The van der Waals surface area contributed by atoms with Gasteiger partial charge in [-0.25, -0.2) is 4.39 Å². The number of hydrogen-bond acceptors (Lipinski definition) is 1. The number of rotatable bonds is 3. The average molecular weight is 181 g/mol. The Balaban J connectivity index is 2.73. The third-order valence-corrected chi connectivity index (χ3v) is 2.20. The van der Waals surface area contributed by atoms with Gasteiger partial charge < -0.3 is 5.32 Å². The summed E-state index contributed by atoms with van der Waals surface area (Å²) in [5.74, 6) is -0.145. The maximum absolute atomic E-state index is 13.1. The molecule has 72 valence electrons. The Labute approximate surface area is 79.0 Å². The molecule has 0 spiro atoms. The van der Waals surface area contributed by atoms with Crippen LogP contribution in [0.2, 0.25) is 0 Å². The van der Waals surface area contributed by atoms with E-state index in [1.54, 1.807) is 19.1 Å². The third-order valence-electron chi connectivity index (χ3n) is 2.20. The first-order valence-electron chi connectivity index (χ1n) is 4.66. The highest BCUT2D eigenvalue weighted by molar-refractivity contribution is 5.45. The highest BCUT2D eigenvalue weighted by atomic mass is 19.1. The Morgan fingerprint density at radius 2 is 2.15 bits per heavy atom. The fraction of sp³-hybridized carbons (Fsp3) is 0.455. The van der Waals surface area contributed by atoms with Crippen LogP contribution in [-0.2, 0) is 0 Å². The zero-order valence-electron chi connectivity index (χ0n) is 8.39. The van der Waals surface area contributed by atoms with E-state index in [0.29, 0.717) is 11.6 Å². The van der Waals surface area contributed by atoms with Gasteiger partial charge in [0.25, 0.3) is 0 Å². The van der Waals surface area contributed by atoms with E-state index in [2.05, 4.69) is 19.2 Å². The van der Waals surface area contributed by atoms with Gasteiger partial charge in [0.2, 0.25) is 0 Å². The third kappa shape index (κ3) is 2.72. The van der Waals surface area contributed by atoms with Crippen LogP contribution in [0.3, 0.4) is 0 Å². The van der Waals surface area contributed by atoms with Crippen molar-refractivity contribution in [2.45, 2.75) is 33.2 Å². The zero-order chi connectivity index (χ0) is 9.84. The minimum atomic E-state index is -0.145. The maximum Gasteiger partial charge on any atom is 0.128 e. The smallest absolute Gasteiger partial charge is 0.128 e. The van der Waals surface area contributed by atoms with Crippen LogP contribution < -0.4 is 5.32 Å². The molecule has 0 unspecified atom stereocenters. The van der Waals surface area contributed by atoms with Gasteiger partial charge in [-0.05, 0) is 38.0 Å². The molecular formula is C11H16FN. The van der Waals surface area contributed by atoms with E-state index in [0.717, 1.165) is 12.1 Å². The number of anilines is 1. The van der Waals surface area contributed by atoms with Crippen LogP contribution >= 0.6 is 0 Å². The lowest BCUT2D eigenvalue weighted by Gasteiger charge is -2.13. The van der Waals surface area contributed by atoms with Crippen molar-refractivity contribution in [2.24, 2.45) is 0 Å². The standard InChI is InChI=1S/C11H16FN/c1-4-9(3)13-10-6-5-8(2)11(12)7-10/h5-7,9,13H,4H2,1-3H3/t9-/m0/s1. The van der Waals surface area contributed by atoms with E-state index in [-0.39, 0.29) is 5.82 Å². The van der Waals surface area contributed by atoms with Gasteiger partial charge in [0.1, 0.15) is 5.82 Å². The van der Waals surface area contributed by atoms with Gasteiger partial charge in [-0.3, -0.25) is 0 Å². The summed E-state index contributed by atoms with van der Waals surface area (Å²) in [4.78, 5) is 0. The first kappa shape index (κ1) is 10.0. The molecule has 1 nitrogen and oxygen atoms in total. The number of hydrogen-bond donors (Lipinski definition) is 1. The van der Waals surface area contributed by atoms with Crippen molar-refractivity contribution >= 4 is 5.69 Å². The normalized spacial score (nSPS) is 12.6. The van der Waals surface area contributed by atoms with Crippen LogP contribution in [0.5, 0.6) is 0 Å². The second-order valence-corrected chi connectivity index (χ2v) is 3.42. The second-order valence-electron chi connectivity index (χ2n) is 3.42. The molecule has 2 heteroatoms. The van der Waals surface area contributed by atoms with Crippen molar-refractivity contribution in [3.63, 3.8) is 0 Å². The van der Waals surface area contributed by atoms with Gasteiger partial charge in [0.15, 0.2) is 0 Å². The largest absolute Gasteiger partial charge is 0.383 e. The van der Waals surface area contributed by atoms with Crippen LogP contribution in [0.15, 0.2) is 18.2 Å². The van der Waals surface area contributed by atoms with Crippen molar-refractivity contribution in [2.75, 3.05) is 5.32 Å². The minimum Gasteiger partial charge on any atom is -0.383 e. The molecule has 0 aromatic heterocycles. The van der Waals surface area contributed by atoms with Crippen molar-refractivity contribution in [3.05, 3.63) is 29.6 Å². The molecule has 0 aliphatic carbocycles. The van der Waals surface area contributed by atoms with Crippen molar-refractivity contribution < 1.29 is 4.39 Å². The fourth-order valence-corrected chi connectivity index (χ4v) is 1.07. The van der Waals surface area contributed by atoms with E-state index in [9.17, 15) is 4.39 Å². The molecule has 0 fully saturated rings. The molecule has 0 radical (unpaired) electrons. The highest BCUT2D eigenvalue weighted by Crippen LogP contribution is 2.14. The monoisotopic (exact) mass is 181 g/mol. The lowest BCUT2D eigenvalue weighted by Crippen LogP contribution is -2.13. The highest BCUT2D eigenvalue weighted by Gasteiger charge is 2.01. The number of aryl methyl sites for hydroxylation is 1. The average Bonchev–Trinajstić information content (AvgIpc) is 2.11. The molecule has 1 aromatic carbocycles. The molecule has 0 aliphatic heterocycles. The molecular weight excluding hydrogens is 165 g/mol. The van der Waals surface area contributed by atoms with Crippen molar-refractivity contribution in [1.29, 1.82) is 0 Å². The molecule has 0 saturated carbocycles. The van der Waals surface area contributed by atoms with Crippen LogP contribution in [0, 0.1) is 12.7 Å². The first-order valence-corrected chi connectivity index (χ1v) is 4.66. The minimum absolute atomic E-state index is 0.145. The van der Waals surface area contributed by atoms with Crippen molar-refractivity contribution in [3.8, 4) is 0 Å². The summed E-state index contributed by atoms with van der Waals surface area (Å²) in [6, 6.07) is 5.63. The first-order chi connectivity index (χ1) is 6.13. The lowest BCUT2D eigenvalue weighted by molar-refractivity contribution is 0.618. The van der Waals surface area contributed by atoms with E-state index in [1.807, 2.05) is 6.07 Å². The summed E-state index contributed by atoms with van der Waals surface area (Å²) < 4.78 is 13.1. The van der Waals surface area contributed by atoms with Crippen LogP contribution in [-0.4, -0.2) is 6.04 Å². The Morgan fingerprint density at radius 1 is 1.46 bits per heavy atom. The van der Waals surface area contributed by atoms with Gasteiger partial charge in [-0.2, -0.15) is 0 Å². The van der Waals surface area contributed by atoms with Crippen molar-refractivity contribution in [1.82, 2.24) is 0 Å². The van der Waals surface area contributed by atoms with Crippen LogP contribution in [0.25, 0.3) is 0 Å². The maximum atomic E-state index is 13.1. The lowest BCUT2D eigenvalue weighted by atomic mass is 10.2. The molecule has 0 aliphatic rings. The molecule has 1 aromatic rings. The Kier molecular flexibility index (Phi) is 3.29. The quantitative estimate of drug-likeness (QED) is 0.754. The Hall–Kier alpha value is -1.05. The predicted octanol–water partition coefficient (Wildman–Crippen LogP) is 3.34. The molecule has 1 N–H and O–H groups in total. The summed E-state index contributed by atoms with van der Waals surface area (Å²) in [5.41, 5.74) is 1.55. The van der Waals surface area contributed by atoms with Gasteiger partial charge in [-0.1, -0.05) is 13.0 Å². The van der Waals surface area contributed by atoms with E-state index in [4.69, 9.17) is 0 Å². The summed E-state index contributed by atoms with van der Waals surface area (Å²) in [6.45, 7) is 5.95. The van der Waals surface area contributed by atoms with E-state index in [1.165, 1.54) is 0 Å². The van der Waals surface area contributed by atoms with E-state index >= 15 is 0 Å². The molecule has 0 heterocycles. The Morgan fingerprint density at radius 3 is 2.69 bits per heavy atom. The zero-order valence-corrected chi connectivity index (χ0v) is 8.39. The summed E-state index contributed by atoms with van der Waals surface area (Å²) in [5, 5.41) is 3.22. The van der Waals surface area contributed by atoms with Gasteiger partial charge in [0.05, 0.1) is 0 Å². The van der Waals surface area contributed by atoms with Gasteiger partial charge in [-0.15, -0.1) is 0 Å². The fourth-order valence-electron chi connectivity index (χ4n) is 1.07. The molecule has 1 atom stereocenters. The van der Waals surface area contributed by atoms with Crippen LogP contribution in [0.1, 0.15) is 25.8 Å². The molecule has 0 saturated heterocycles. The summed E-state index contributed by atoms with van der Waals surface area (Å²) >= 11 is 0. The van der Waals surface area contributed by atoms with Gasteiger partial charge >= 0.3 is 0 Å². The molecule has 0 bridgehead atoms. The number of nitrogens with one attached hydrogen (secondary N) is 1. The number of benzene rings is 1. The molecule has 13 heavy (non-hydrogen) atoms.